The van der Waals surface area contributed by atoms with Gasteiger partial charge in [0.25, 0.3) is 0 Å². The highest BCUT2D eigenvalue weighted by Gasteiger charge is 2.30. The second kappa shape index (κ2) is 6.37. The number of halogens is 2. The minimum atomic E-state index is -3.86. The standard InChI is InChI=1S/C15H17F2N3O2S/c16-13-7-14(17)9-15(8-13)23(21,22)20-4-1-12(2-5-20)10-19-6-3-18-11-19/h3,6-9,11-12H,1-2,4-5,10H2. The summed E-state index contributed by atoms with van der Waals surface area (Å²) in [7, 11) is -3.86. The highest BCUT2D eigenvalue weighted by molar-refractivity contribution is 7.89. The minimum Gasteiger partial charge on any atom is -0.337 e. The van der Waals surface area contributed by atoms with E-state index >= 15 is 0 Å². The van der Waals surface area contributed by atoms with Gasteiger partial charge < -0.3 is 4.57 Å². The molecule has 0 aliphatic carbocycles. The second-order valence-corrected chi connectivity index (χ2v) is 7.65. The summed E-state index contributed by atoms with van der Waals surface area (Å²) < 4.78 is 54.8. The summed E-state index contributed by atoms with van der Waals surface area (Å²) in [5.41, 5.74) is 0. The monoisotopic (exact) mass is 341 g/mol. The summed E-state index contributed by atoms with van der Waals surface area (Å²) in [6.07, 6.45) is 6.72. The van der Waals surface area contributed by atoms with Crippen molar-refractivity contribution in [1.29, 1.82) is 0 Å². The van der Waals surface area contributed by atoms with Crippen molar-refractivity contribution in [2.75, 3.05) is 13.1 Å². The molecule has 3 rings (SSSR count). The van der Waals surface area contributed by atoms with Crippen molar-refractivity contribution in [2.45, 2.75) is 24.3 Å². The largest absolute Gasteiger partial charge is 0.337 e. The molecule has 0 unspecified atom stereocenters. The van der Waals surface area contributed by atoms with Crippen LogP contribution in [0.1, 0.15) is 12.8 Å². The molecule has 1 saturated heterocycles. The smallest absolute Gasteiger partial charge is 0.243 e. The summed E-state index contributed by atoms with van der Waals surface area (Å²) in [4.78, 5) is 3.65. The molecule has 0 amide bonds. The molecule has 1 fully saturated rings. The molecule has 0 radical (unpaired) electrons. The predicted octanol–water partition coefficient (Wildman–Crippen LogP) is 2.26. The van der Waals surface area contributed by atoms with Gasteiger partial charge >= 0.3 is 0 Å². The molecule has 23 heavy (non-hydrogen) atoms. The Morgan fingerprint density at radius 2 is 1.78 bits per heavy atom. The van der Waals surface area contributed by atoms with E-state index in [4.69, 9.17) is 0 Å². The number of piperidine rings is 1. The summed E-state index contributed by atoms with van der Waals surface area (Å²) in [5.74, 6) is -1.42. The number of hydrogen-bond acceptors (Lipinski definition) is 3. The number of sulfonamides is 1. The maximum absolute atomic E-state index is 13.3. The van der Waals surface area contributed by atoms with Crippen LogP contribution in [0.15, 0.2) is 41.8 Å². The van der Waals surface area contributed by atoms with Crippen LogP contribution in [0.4, 0.5) is 8.78 Å². The first-order valence-corrected chi connectivity index (χ1v) is 8.81. The van der Waals surface area contributed by atoms with Crippen LogP contribution in [0.2, 0.25) is 0 Å². The average molecular weight is 341 g/mol. The third-order valence-electron chi connectivity index (χ3n) is 4.08. The Hall–Kier alpha value is -1.80. The van der Waals surface area contributed by atoms with Crippen molar-refractivity contribution in [3.8, 4) is 0 Å². The maximum atomic E-state index is 13.3. The molecule has 5 nitrogen and oxygen atoms in total. The first-order chi connectivity index (χ1) is 10.9. The lowest BCUT2D eigenvalue weighted by atomic mass is 9.98. The van der Waals surface area contributed by atoms with Crippen molar-refractivity contribution < 1.29 is 17.2 Å². The Labute approximate surface area is 133 Å². The van der Waals surface area contributed by atoms with Gasteiger partial charge in [-0.25, -0.2) is 22.2 Å². The van der Waals surface area contributed by atoms with Gasteiger partial charge in [0, 0.05) is 38.1 Å². The van der Waals surface area contributed by atoms with Crippen LogP contribution in [-0.2, 0) is 16.6 Å². The summed E-state index contributed by atoms with van der Waals surface area (Å²) in [6.45, 7) is 1.49. The van der Waals surface area contributed by atoms with E-state index in [-0.39, 0.29) is 4.90 Å². The van der Waals surface area contributed by atoms with E-state index in [0.29, 0.717) is 37.9 Å². The van der Waals surface area contributed by atoms with Crippen molar-refractivity contribution in [1.82, 2.24) is 13.9 Å². The zero-order chi connectivity index (χ0) is 16.4. The number of imidazole rings is 1. The molecule has 1 aromatic carbocycles. The second-order valence-electron chi connectivity index (χ2n) is 5.71. The van der Waals surface area contributed by atoms with Gasteiger partial charge in [-0.2, -0.15) is 4.31 Å². The molecular weight excluding hydrogens is 324 g/mol. The average Bonchev–Trinajstić information content (AvgIpc) is 3.00. The summed E-state index contributed by atoms with van der Waals surface area (Å²) in [5, 5.41) is 0. The Balaban J connectivity index is 1.68. The molecule has 1 aliphatic heterocycles. The molecule has 0 bridgehead atoms. The molecule has 124 valence electrons. The molecule has 0 saturated carbocycles. The van der Waals surface area contributed by atoms with Gasteiger partial charge in [-0.1, -0.05) is 0 Å². The maximum Gasteiger partial charge on any atom is 0.243 e. The summed E-state index contributed by atoms with van der Waals surface area (Å²) >= 11 is 0. The lowest BCUT2D eigenvalue weighted by Gasteiger charge is -2.31. The third-order valence-corrected chi connectivity index (χ3v) is 5.95. The fourth-order valence-corrected chi connectivity index (χ4v) is 4.36. The third kappa shape index (κ3) is 3.59. The van der Waals surface area contributed by atoms with Crippen LogP contribution in [-0.4, -0.2) is 35.4 Å². The van der Waals surface area contributed by atoms with Crippen LogP contribution in [0.3, 0.4) is 0 Å². The molecule has 1 aliphatic rings. The van der Waals surface area contributed by atoms with Gasteiger partial charge in [-0.15, -0.1) is 0 Å². The Morgan fingerprint density at radius 1 is 1.13 bits per heavy atom. The van der Waals surface area contributed by atoms with E-state index in [1.165, 1.54) is 4.31 Å². The number of benzene rings is 1. The SMILES string of the molecule is O=S(=O)(c1cc(F)cc(F)c1)N1CCC(Cn2ccnc2)CC1. The van der Waals surface area contributed by atoms with E-state index in [1.807, 2.05) is 10.8 Å². The van der Waals surface area contributed by atoms with Crippen LogP contribution < -0.4 is 0 Å². The van der Waals surface area contributed by atoms with Crippen molar-refractivity contribution >= 4 is 10.0 Å². The quantitative estimate of drug-likeness (QED) is 0.857. The molecular formula is C15H17F2N3O2S. The van der Waals surface area contributed by atoms with Gasteiger partial charge in [0.2, 0.25) is 10.0 Å². The van der Waals surface area contributed by atoms with Gasteiger partial charge in [-0.3, -0.25) is 0 Å². The molecule has 8 heteroatoms. The van der Waals surface area contributed by atoms with Crippen LogP contribution in [0.5, 0.6) is 0 Å². The predicted molar refractivity (Wildman–Crippen MR) is 80.1 cm³/mol. The van der Waals surface area contributed by atoms with Crippen LogP contribution in [0.25, 0.3) is 0 Å². The Kier molecular flexibility index (Phi) is 4.45. The van der Waals surface area contributed by atoms with E-state index in [2.05, 4.69) is 4.98 Å². The van der Waals surface area contributed by atoms with Gasteiger partial charge in [0.05, 0.1) is 11.2 Å². The van der Waals surface area contributed by atoms with Gasteiger partial charge in [0.15, 0.2) is 0 Å². The first-order valence-electron chi connectivity index (χ1n) is 7.37. The number of hydrogen-bond donors (Lipinski definition) is 0. The van der Waals surface area contributed by atoms with Crippen LogP contribution in [0, 0.1) is 17.6 Å². The molecule has 0 spiro atoms. The highest BCUT2D eigenvalue weighted by Crippen LogP contribution is 2.25. The molecule has 0 atom stereocenters. The van der Waals surface area contributed by atoms with Crippen molar-refractivity contribution in [3.05, 3.63) is 48.6 Å². The fraction of sp³-hybridized carbons (Fsp3) is 0.400. The summed E-state index contributed by atoms with van der Waals surface area (Å²) in [6, 6.07) is 2.38. The number of nitrogens with zero attached hydrogens (tertiary/aromatic N) is 3. The number of rotatable bonds is 4. The lowest BCUT2D eigenvalue weighted by Crippen LogP contribution is -2.39. The van der Waals surface area contributed by atoms with E-state index in [9.17, 15) is 17.2 Å². The normalized spacial score (nSPS) is 17.5. The Morgan fingerprint density at radius 3 is 2.35 bits per heavy atom. The molecule has 1 aromatic heterocycles. The van der Waals surface area contributed by atoms with E-state index in [0.717, 1.165) is 18.7 Å². The van der Waals surface area contributed by atoms with Gasteiger partial charge in [0.1, 0.15) is 11.6 Å². The zero-order valence-corrected chi connectivity index (χ0v) is 13.2. The number of aromatic nitrogens is 2. The minimum absolute atomic E-state index is 0.331. The van der Waals surface area contributed by atoms with Crippen molar-refractivity contribution in [2.24, 2.45) is 5.92 Å². The fourth-order valence-electron chi connectivity index (χ4n) is 2.85. The topological polar surface area (TPSA) is 55.2 Å². The van der Waals surface area contributed by atoms with E-state index in [1.54, 1.807) is 12.5 Å². The molecule has 2 aromatic rings. The van der Waals surface area contributed by atoms with Crippen LogP contribution >= 0.6 is 0 Å². The van der Waals surface area contributed by atoms with Gasteiger partial charge in [-0.05, 0) is 30.9 Å². The highest BCUT2D eigenvalue weighted by atomic mass is 32.2. The molecule has 2 heterocycles. The molecule has 0 N–H and O–H groups in total. The lowest BCUT2D eigenvalue weighted by molar-refractivity contribution is 0.253. The van der Waals surface area contributed by atoms with E-state index < -0.39 is 21.7 Å². The zero-order valence-electron chi connectivity index (χ0n) is 12.4. The Bertz CT molecular complexity index is 750. The first kappa shape index (κ1) is 16.1. The van der Waals surface area contributed by atoms with Crippen molar-refractivity contribution in [3.63, 3.8) is 0 Å².